The van der Waals surface area contributed by atoms with Gasteiger partial charge in [-0.3, -0.25) is 37.6 Å². The van der Waals surface area contributed by atoms with E-state index in [0.717, 1.165) is 48.2 Å². The first-order valence-electron chi connectivity index (χ1n) is 24.2. The molecule has 0 radical (unpaired) electrons. The maximum Gasteiger partial charge on any atom is 0.266 e. The molecule has 0 bridgehead atoms. The summed E-state index contributed by atoms with van der Waals surface area (Å²) in [4.78, 5) is 48.5. The molecular weight excluding hydrogens is 1040 g/mol. The summed E-state index contributed by atoms with van der Waals surface area (Å²) in [6, 6.07) is 4.47. The van der Waals surface area contributed by atoms with Crippen LogP contribution in [0.2, 0.25) is 0 Å². The molecule has 21 nitrogen and oxygen atoms in total. The molecule has 3 heterocycles. The molecule has 7 N–H and O–H groups in total. The summed E-state index contributed by atoms with van der Waals surface area (Å²) in [5.41, 5.74) is 3.27. The Hall–Kier alpha value is -5.15. The summed E-state index contributed by atoms with van der Waals surface area (Å²) in [5.74, 6) is -4.77. The van der Waals surface area contributed by atoms with Crippen LogP contribution in [0.4, 0.5) is 17.1 Å². The molecule has 3 aliphatic rings. The van der Waals surface area contributed by atoms with Crippen LogP contribution in [0.25, 0.3) is 0 Å². The molecule has 0 spiro atoms. The number of hydrogen-bond acceptors (Lipinski definition) is 13. The summed E-state index contributed by atoms with van der Waals surface area (Å²) in [7, 11) is -17.7. The van der Waals surface area contributed by atoms with Gasteiger partial charge in [0.2, 0.25) is 5.69 Å². The number of nitrogens with one attached hydrogen (secondary N) is 3. The molecule has 2 aromatic rings. The lowest BCUT2D eigenvalue weighted by atomic mass is 9.75. The van der Waals surface area contributed by atoms with Gasteiger partial charge in [0.05, 0.1) is 45.2 Å². The third-order valence-electron chi connectivity index (χ3n) is 13.6. The number of nitrogens with zero attached hydrogens (tertiary/aromatic N) is 3. The zero-order chi connectivity index (χ0) is 55.4. The minimum atomic E-state index is -4.50. The number of rotatable bonds is 25. The van der Waals surface area contributed by atoms with Crippen molar-refractivity contribution < 1.29 is 70.8 Å². The van der Waals surface area contributed by atoms with Gasteiger partial charge in [0, 0.05) is 94.9 Å². The van der Waals surface area contributed by atoms with Crippen molar-refractivity contribution >= 4 is 86.7 Å². The van der Waals surface area contributed by atoms with Crippen molar-refractivity contribution in [2.45, 2.75) is 110 Å². The van der Waals surface area contributed by atoms with E-state index < -0.39 is 105 Å². The number of fused-ring (bicyclic) bond motifs is 4. The topological polar surface area (TPSA) is 323 Å². The highest BCUT2D eigenvalue weighted by Gasteiger charge is 2.49. The van der Waals surface area contributed by atoms with Gasteiger partial charge < -0.3 is 20.9 Å². The van der Waals surface area contributed by atoms with Crippen LogP contribution in [0.5, 0.6) is 0 Å². The molecule has 3 aliphatic heterocycles. The highest BCUT2D eigenvalue weighted by molar-refractivity contribution is 7.86. The quantitative estimate of drug-likeness (QED) is 0.0285. The molecule has 3 amide bonds. The summed E-state index contributed by atoms with van der Waals surface area (Å²) in [6.07, 6.45) is 12.5. The average Bonchev–Trinajstić information content (AvgIpc) is 3.73. The van der Waals surface area contributed by atoms with Crippen LogP contribution in [0.15, 0.2) is 59.3 Å². The fraction of sp³-hybridized carbons (Fsp3) is 0.531. The highest BCUT2D eigenvalue weighted by atomic mass is 32.2. The second-order valence-electron chi connectivity index (χ2n) is 20.2. The van der Waals surface area contributed by atoms with E-state index in [9.17, 15) is 66.3 Å². The zero-order valence-electron chi connectivity index (χ0n) is 43.0. The standard InChI is InChI=1S/C49H68N6O15S4/c1-9-10-11-15-20-50-46(58)35-31-37-42(43-41(35)47(3,4)32(2)53-43)49(7,8)39(55(37)24-17-26-72(62,63)64)19-14-12-13-18-38-48(5,6)40-34(45(57)52-22-28-74(68,69)70)29-33(44(56)51-21-27-73(65,66)67)30-36(40)54(38)23-16-25-71(59,60)61/h12-14,18-19,29-31H,9-11,15-17,20-28H2,1-8H3,(H6-,50,51,52,56,57,58,59,60,61,62,63,64,65,66,67,68,69,70)/p+1. The summed E-state index contributed by atoms with van der Waals surface area (Å²) < 4.78 is 133. The van der Waals surface area contributed by atoms with E-state index in [1.54, 1.807) is 42.7 Å². The van der Waals surface area contributed by atoms with Gasteiger partial charge in [-0.25, -0.2) is 0 Å². The maximum atomic E-state index is 14.1. The number of carbonyl (C=O) groups excluding carboxylic acids is 3. The van der Waals surface area contributed by atoms with Gasteiger partial charge in [-0.15, -0.1) is 0 Å². The van der Waals surface area contributed by atoms with Crippen LogP contribution in [-0.4, -0.2) is 141 Å². The average molecular weight is 1110 g/mol. The molecule has 74 heavy (non-hydrogen) atoms. The fourth-order valence-corrected chi connectivity index (χ4v) is 11.5. The lowest BCUT2D eigenvalue weighted by Gasteiger charge is -2.27. The van der Waals surface area contributed by atoms with E-state index in [-0.39, 0.29) is 48.7 Å². The van der Waals surface area contributed by atoms with Crippen molar-refractivity contribution in [3.63, 3.8) is 0 Å². The second-order valence-corrected chi connectivity index (χ2v) is 26.5. The number of hydrogen-bond donors (Lipinski definition) is 7. The Balaban J connectivity index is 1.63. The Morgan fingerprint density at radius 2 is 1.18 bits per heavy atom. The van der Waals surface area contributed by atoms with Crippen molar-refractivity contribution in [2.24, 2.45) is 4.99 Å². The number of amides is 3. The van der Waals surface area contributed by atoms with E-state index in [1.807, 2.05) is 51.7 Å². The van der Waals surface area contributed by atoms with E-state index in [4.69, 9.17) is 4.99 Å². The van der Waals surface area contributed by atoms with Crippen LogP contribution in [0.3, 0.4) is 0 Å². The molecule has 0 saturated heterocycles. The fourth-order valence-electron chi connectivity index (χ4n) is 9.77. The van der Waals surface area contributed by atoms with Crippen molar-refractivity contribution in [1.82, 2.24) is 16.0 Å². The lowest BCUT2D eigenvalue weighted by molar-refractivity contribution is -0.437. The molecule has 0 fully saturated rings. The van der Waals surface area contributed by atoms with Gasteiger partial charge in [-0.05, 0) is 51.8 Å². The number of carbonyl (C=O) groups is 3. The van der Waals surface area contributed by atoms with Crippen LogP contribution in [-0.2, 0) is 56.7 Å². The molecule has 0 aromatic heterocycles. The van der Waals surface area contributed by atoms with Crippen LogP contribution in [0, 0.1) is 0 Å². The normalized spacial score (nSPS) is 17.5. The Morgan fingerprint density at radius 3 is 1.76 bits per heavy atom. The largest absolute Gasteiger partial charge is 0.352 e. The minimum absolute atomic E-state index is 0.0367. The SMILES string of the molecule is CCCCCCNC(=O)c1cc2c(c3c1C(C)(C)C(C)=N3)C(C)(C)\C(=C/C=C/C=C/C1=[N+](CCCS(=O)(=O)O)c3cc(C(=O)NCCS(=O)(=O)O)cc(C(=O)NCCS(=O)(=O)O)c3C1(C)C)N2CCCS(=O)(=O)O. The molecule has 0 aliphatic carbocycles. The Bertz CT molecular complexity index is 3190. The van der Waals surface area contributed by atoms with Crippen LogP contribution >= 0.6 is 0 Å². The minimum Gasteiger partial charge on any atom is -0.352 e. The molecule has 0 saturated carbocycles. The highest BCUT2D eigenvalue weighted by Crippen LogP contribution is 2.57. The second kappa shape index (κ2) is 23.0. The third kappa shape index (κ3) is 14.4. The van der Waals surface area contributed by atoms with Gasteiger partial charge in [0.1, 0.15) is 6.54 Å². The molecule has 5 rings (SSSR count). The van der Waals surface area contributed by atoms with Gasteiger partial charge in [-0.1, -0.05) is 72.1 Å². The van der Waals surface area contributed by atoms with Gasteiger partial charge in [-0.2, -0.15) is 38.2 Å². The Morgan fingerprint density at radius 1 is 0.622 bits per heavy atom. The Kier molecular flexibility index (Phi) is 18.6. The number of anilines is 1. The first kappa shape index (κ1) is 59.7. The zero-order valence-corrected chi connectivity index (χ0v) is 46.2. The van der Waals surface area contributed by atoms with Gasteiger partial charge in [0.15, 0.2) is 5.71 Å². The Labute approximate surface area is 434 Å². The smallest absolute Gasteiger partial charge is 0.266 e. The predicted molar refractivity (Wildman–Crippen MR) is 284 cm³/mol. The van der Waals surface area contributed by atoms with E-state index in [2.05, 4.69) is 22.9 Å². The number of aliphatic imine (C=N–C) groups is 1. The van der Waals surface area contributed by atoms with E-state index >= 15 is 0 Å². The first-order valence-corrected chi connectivity index (χ1v) is 30.7. The number of allylic oxidation sites excluding steroid dienone is 6. The van der Waals surface area contributed by atoms with Crippen molar-refractivity contribution in [2.75, 3.05) is 60.6 Å². The molecule has 2 aromatic carbocycles. The van der Waals surface area contributed by atoms with Gasteiger partial charge in [0.25, 0.3) is 58.2 Å². The van der Waals surface area contributed by atoms with Gasteiger partial charge >= 0.3 is 0 Å². The monoisotopic (exact) mass is 1110 g/mol. The van der Waals surface area contributed by atoms with Crippen molar-refractivity contribution in [1.29, 1.82) is 0 Å². The summed E-state index contributed by atoms with van der Waals surface area (Å²) >= 11 is 0. The summed E-state index contributed by atoms with van der Waals surface area (Å²) in [6.45, 7) is 15.1. The molecule has 25 heteroatoms. The molecule has 0 unspecified atom stereocenters. The first-order chi connectivity index (χ1) is 34.1. The van der Waals surface area contributed by atoms with E-state index in [1.165, 1.54) is 12.1 Å². The van der Waals surface area contributed by atoms with E-state index in [0.29, 0.717) is 34.8 Å². The number of benzene rings is 2. The van der Waals surface area contributed by atoms with Crippen molar-refractivity contribution in [3.05, 3.63) is 87.7 Å². The lowest BCUT2D eigenvalue weighted by Crippen LogP contribution is -2.34. The van der Waals surface area contributed by atoms with Crippen molar-refractivity contribution in [3.8, 4) is 0 Å². The maximum absolute atomic E-state index is 14.1. The number of unbranched alkanes of at least 4 members (excludes halogenated alkanes) is 3. The summed E-state index contributed by atoms with van der Waals surface area (Å²) in [5, 5.41) is 7.91. The molecule has 408 valence electrons. The third-order valence-corrected chi connectivity index (χ3v) is 16.6. The van der Waals surface area contributed by atoms with Crippen LogP contribution in [0.1, 0.15) is 142 Å². The van der Waals surface area contributed by atoms with Crippen LogP contribution < -0.4 is 20.9 Å². The molecular formula is C49H69N6O15S4+. The molecule has 0 atom stereocenters. The predicted octanol–water partition coefficient (Wildman–Crippen LogP) is 5.34.